The molecule has 3 nitrogen and oxygen atoms in total. The van der Waals surface area contributed by atoms with Gasteiger partial charge in [0, 0.05) is 6.04 Å². The first-order valence-corrected chi connectivity index (χ1v) is 5.34. The summed E-state index contributed by atoms with van der Waals surface area (Å²) < 4.78 is 0. The molecule has 1 aliphatic heterocycles. The maximum Gasteiger partial charge on any atom is 0.105 e. The second-order valence-corrected chi connectivity index (χ2v) is 4.40. The van der Waals surface area contributed by atoms with E-state index in [2.05, 4.69) is 4.90 Å². The average Bonchev–Trinajstić information content (AvgIpc) is 2.48. The van der Waals surface area contributed by atoms with E-state index < -0.39 is 0 Å². The summed E-state index contributed by atoms with van der Waals surface area (Å²) in [5.41, 5.74) is 5.44. The Hall–Kier alpha value is -0.570. The molecule has 0 aromatic carbocycles. The van der Waals surface area contributed by atoms with Crippen molar-refractivity contribution in [1.82, 2.24) is 4.90 Å². The molecule has 0 aromatic rings. The van der Waals surface area contributed by atoms with Gasteiger partial charge in [0.1, 0.15) is 5.84 Å². The van der Waals surface area contributed by atoms with Crippen molar-refractivity contribution >= 4 is 5.84 Å². The van der Waals surface area contributed by atoms with Crippen LogP contribution in [0.1, 0.15) is 32.1 Å². The van der Waals surface area contributed by atoms with Crippen molar-refractivity contribution in [3.63, 3.8) is 0 Å². The van der Waals surface area contributed by atoms with Gasteiger partial charge in [0.15, 0.2) is 0 Å². The first kappa shape index (κ1) is 9.00. The van der Waals surface area contributed by atoms with Gasteiger partial charge in [0.05, 0.1) is 6.54 Å². The predicted octanol–water partition coefficient (Wildman–Crippen LogP) is 1.19. The van der Waals surface area contributed by atoms with Crippen LogP contribution in [0.2, 0.25) is 0 Å². The molecular formula is C10H19N3. The summed E-state index contributed by atoms with van der Waals surface area (Å²) in [5, 5.41) is 7.30. The molecular weight excluding hydrogens is 162 g/mol. The first-order valence-electron chi connectivity index (χ1n) is 5.34. The molecule has 1 heterocycles. The van der Waals surface area contributed by atoms with E-state index >= 15 is 0 Å². The van der Waals surface area contributed by atoms with Crippen molar-refractivity contribution in [3.05, 3.63) is 0 Å². The van der Waals surface area contributed by atoms with Gasteiger partial charge in [-0.2, -0.15) is 0 Å². The highest BCUT2D eigenvalue weighted by molar-refractivity contribution is 5.79. The summed E-state index contributed by atoms with van der Waals surface area (Å²) in [7, 11) is 0. The molecule has 1 saturated heterocycles. The quantitative estimate of drug-likeness (QED) is 0.496. The highest BCUT2D eigenvalue weighted by Gasteiger charge is 2.35. The third kappa shape index (κ3) is 1.85. The highest BCUT2D eigenvalue weighted by atomic mass is 15.2. The fourth-order valence-corrected chi connectivity index (χ4v) is 2.92. The van der Waals surface area contributed by atoms with E-state index in [1.54, 1.807) is 0 Å². The molecule has 1 aliphatic carbocycles. The van der Waals surface area contributed by atoms with Crippen molar-refractivity contribution in [3.8, 4) is 0 Å². The minimum Gasteiger partial charge on any atom is -0.387 e. The summed E-state index contributed by atoms with van der Waals surface area (Å²) in [6.07, 6.45) is 6.85. The minimum atomic E-state index is 0.325. The fraction of sp³-hybridized carbons (Fsp3) is 0.900. The lowest BCUT2D eigenvalue weighted by atomic mass is 9.85. The molecule has 2 fully saturated rings. The Balaban J connectivity index is 1.94. The number of nitrogens with zero attached hydrogens (tertiary/aromatic N) is 1. The summed E-state index contributed by atoms with van der Waals surface area (Å²) in [5.74, 6) is 1.24. The van der Waals surface area contributed by atoms with Crippen LogP contribution in [0.15, 0.2) is 0 Å². The van der Waals surface area contributed by atoms with Crippen molar-refractivity contribution in [2.75, 3.05) is 13.1 Å². The van der Waals surface area contributed by atoms with Crippen LogP contribution in [-0.2, 0) is 0 Å². The molecule has 0 bridgehead atoms. The summed E-state index contributed by atoms with van der Waals surface area (Å²) in [6, 6.07) is 0.748. The number of nitrogens with one attached hydrogen (secondary N) is 1. The average molecular weight is 181 g/mol. The Labute approximate surface area is 79.8 Å². The zero-order valence-corrected chi connectivity index (χ0v) is 8.13. The smallest absolute Gasteiger partial charge is 0.105 e. The second-order valence-electron chi connectivity index (χ2n) is 4.40. The number of likely N-dealkylation sites (tertiary alicyclic amines) is 1. The number of amidine groups is 1. The van der Waals surface area contributed by atoms with E-state index in [0.717, 1.165) is 18.5 Å². The largest absolute Gasteiger partial charge is 0.387 e. The Morgan fingerprint density at radius 1 is 1.31 bits per heavy atom. The van der Waals surface area contributed by atoms with Crippen LogP contribution in [0.3, 0.4) is 0 Å². The molecule has 2 unspecified atom stereocenters. The number of hydrogen-bond acceptors (Lipinski definition) is 2. The van der Waals surface area contributed by atoms with E-state index in [0.29, 0.717) is 12.4 Å². The maximum absolute atomic E-state index is 7.30. The molecule has 3 heteroatoms. The van der Waals surface area contributed by atoms with Crippen LogP contribution >= 0.6 is 0 Å². The molecule has 74 valence electrons. The zero-order valence-electron chi connectivity index (χ0n) is 8.13. The summed E-state index contributed by atoms with van der Waals surface area (Å²) in [4.78, 5) is 2.41. The van der Waals surface area contributed by atoms with Crippen LogP contribution in [0.4, 0.5) is 0 Å². The van der Waals surface area contributed by atoms with Gasteiger partial charge in [-0.1, -0.05) is 12.8 Å². The molecule has 2 rings (SSSR count). The molecule has 0 radical (unpaired) electrons. The van der Waals surface area contributed by atoms with Gasteiger partial charge in [-0.15, -0.1) is 0 Å². The van der Waals surface area contributed by atoms with Gasteiger partial charge >= 0.3 is 0 Å². The topological polar surface area (TPSA) is 53.1 Å². The number of hydrogen-bond donors (Lipinski definition) is 2. The van der Waals surface area contributed by atoms with Crippen LogP contribution in [0, 0.1) is 11.3 Å². The van der Waals surface area contributed by atoms with E-state index in [9.17, 15) is 0 Å². The first-order chi connectivity index (χ1) is 6.27. The predicted molar refractivity (Wildman–Crippen MR) is 53.9 cm³/mol. The Morgan fingerprint density at radius 2 is 2.08 bits per heavy atom. The lowest BCUT2D eigenvalue weighted by molar-refractivity contribution is 0.202. The zero-order chi connectivity index (χ0) is 9.26. The lowest BCUT2D eigenvalue weighted by Crippen LogP contribution is -2.39. The number of nitrogens with two attached hydrogens (primary N) is 1. The van der Waals surface area contributed by atoms with Crippen molar-refractivity contribution in [2.45, 2.75) is 38.1 Å². The van der Waals surface area contributed by atoms with Gasteiger partial charge in [-0.05, 0) is 31.7 Å². The third-order valence-electron chi connectivity index (χ3n) is 3.50. The van der Waals surface area contributed by atoms with Crippen LogP contribution < -0.4 is 5.73 Å². The molecule has 1 saturated carbocycles. The second kappa shape index (κ2) is 3.66. The molecule has 0 aromatic heterocycles. The molecule has 0 spiro atoms. The standard InChI is InChI=1S/C10H19N3/c11-10(12)7-13-6-5-8-3-1-2-4-9(8)13/h8-9H,1-7H2,(H3,11,12). The van der Waals surface area contributed by atoms with E-state index in [4.69, 9.17) is 11.1 Å². The molecule has 2 aliphatic rings. The maximum atomic E-state index is 7.30. The molecule has 2 atom stereocenters. The minimum absolute atomic E-state index is 0.325. The lowest BCUT2D eigenvalue weighted by Gasteiger charge is -2.31. The summed E-state index contributed by atoms with van der Waals surface area (Å²) >= 11 is 0. The van der Waals surface area contributed by atoms with E-state index in [-0.39, 0.29) is 0 Å². The van der Waals surface area contributed by atoms with Crippen molar-refractivity contribution in [1.29, 1.82) is 5.41 Å². The summed E-state index contributed by atoms with van der Waals surface area (Å²) in [6.45, 7) is 1.86. The van der Waals surface area contributed by atoms with Crippen LogP contribution in [0.25, 0.3) is 0 Å². The molecule has 13 heavy (non-hydrogen) atoms. The van der Waals surface area contributed by atoms with Crippen molar-refractivity contribution in [2.24, 2.45) is 11.7 Å². The SMILES string of the molecule is N=C(N)CN1CCC2CCCCC21. The van der Waals surface area contributed by atoms with Gasteiger partial charge in [0.2, 0.25) is 0 Å². The molecule has 3 N–H and O–H groups in total. The Bertz CT molecular complexity index is 202. The number of rotatable bonds is 2. The highest BCUT2D eigenvalue weighted by Crippen LogP contribution is 2.35. The number of fused-ring (bicyclic) bond motifs is 1. The van der Waals surface area contributed by atoms with Gasteiger partial charge in [-0.25, -0.2) is 0 Å². The monoisotopic (exact) mass is 181 g/mol. The molecule has 0 amide bonds. The fourth-order valence-electron chi connectivity index (χ4n) is 2.92. The van der Waals surface area contributed by atoms with Gasteiger partial charge in [0.25, 0.3) is 0 Å². The van der Waals surface area contributed by atoms with Gasteiger partial charge < -0.3 is 5.73 Å². The van der Waals surface area contributed by atoms with E-state index in [1.165, 1.54) is 32.1 Å². The normalized spacial score (nSPS) is 34.5. The van der Waals surface area contributed by atoms with Crippen molar-refractivity contribution < 1.29 is 0 Å². The Morgan fingerprint density at radius 3 is 2.85 bits per heavy atom. The van der Waals surface area contributed by atoms with E-state index in [1.807, 2.05) is 0 Å². The van der Waals surface area contributed by atoms with Gasteiger partial charge in [-0.3, -0.25) is 10.3 Å². The van der Waals surface area contributed by atoms with Crippen LogP contribution in [-0.4, -0.2) is 29.9 Å². The third-order valence-corrected chi connectivity index (χ3v) is 3.50. The Kier molecular flexibility index (Phi) is 2.54. The van der Waals surface area contributed by atoms with Crippen LogP contribution in [0.5, 0.6) is 0 Å².